The minimum atomic E-state index is -0.454. The van der Waals surface area contributed by atoms with E-state index in [0.29, 0.717) is 5.69 Å². The van der Waals surface area contributed by atoms with E-state index in [1.807, 2.05) is 23.5 Å². The van der Waals surface area contributed by atoms with E-state index in [-0.39, 0.29) is 5.56 Å². The third-order valence-electron chi connectivity index (χ3n) is 5.75. The molecular weight excluding hydrogens is 373 g/mol. The predicted octanol–water partition coefficient (Wildman–Crippen LogP) is 3.91. The van der Waals surface area contributed by atoms with E-state index >= 15 is 0 Å². The van der Waals surface area contributed by atoms with E-state index in [9.17, 15) is 9.65 Å². The van der Waals surface area contributed by atoms with Crippen molar-refractivity contribution in [3.05, 3.63) is 46.3 Å². The van der Waals surface area contributed by atoms with Gasteiger partial charge in [-0.2, -0.15) is 5.26 Å². The lowest BCUT2D eigenvalue weighted by Crippen LogP contribution is -2.47. The molecule has 142 valence electrons. The van der Waals surface area contributed by atoms with Crippen LogP contribution < -0.4 is 9.80 Å². The summed E-state index contributed by atoms with van der Waals surface area (Å²) in [7, 11) is 0. The molecule has 0 N–H and O–H groups in total. The van der Waals surface area contributed by atoms with E-state index in [0.717, 1.165) is 49.7 Å². The third-order valence-corrected chi connectivity index (χ3v) is 6.95. The fraction of sp³-hybridized carbons (Fsp3) is 0.381. The number of piperazine rings is 1. The fourth-order valence-electron chi connectivity index (χ4n) is 4.36. The smallest absolute Gasteiger partial charge is 0.143 e. The van der Waals surface area contributed by atoms with Crippen molar-refractivity contribution in [2.45, 2.75) is 25.7 Å². The average molecular weight is 393 g/mol. The Hall–Kier alpha value is -2.72. The van der Waals surface area contributed by atoms with Gasteiger partial charge in [0.25, 0.3) is 0 Å². The van der Waals surface area contributed by atoms with Crippen molar-refractivity contribution in [3.63, 3.8) is 0 Å². The highest BCUT2D eigenvalue weighted by Gasteiger charge is 2.26. The number of benzene rings is 1. The van der Waals surface area contributed by atoms with Gasteiger partial charge in [0.1, 0.15) is 34.4 Å². The Bertz CT molecular complexity index is 1080. The van der Waals surface area contributed by atoms with E-state index in [1.54, 1.807) is 12.4 Å². The Balaban J connectivity index is 1.43. The lowest BCUT2D eigenvalue weighted by molar-refractivity contribution is 0.615. The number of nitriles is 1. The zero-order chi connectivity index (χ0) is 19.1. The molecule has 0 amide bonds. The lowest BCUT2D eigenvalue weighted by atomic mass is 9.97. The number of aryl methyl sites for hydroxylation is 2. The highest BCUT2D eigenvalue weighted by Crippen LogP contribution is 2.39. The molecule has 1 saturated heterocycles. The molecule has 1 fully saturated rings. The normalized spacial score (nSPS) is 16.9. The molecule has 3 heterocycles. The van der Waals surface area contributed by atoms with Crippen LogP contribution in [-0.2, 0) is 12.8 Å². The van der Waals surface area contributed by atoms with Crippen LogP contribution in [0.25, 0.3) is 10.2 Å². The summed E-state index contributed by atoms with van der Waals surface area (Å²) in [5.41, 5.74) is 2.26. The molecule has 5 nitrogen and oxygen atoms in total. The maximum atomic E-state index is 14.0. The van der Waals surface area contributed by atoms with E-state index in [2.05, 4.69) is 19.8 Å². The maximum absolute atomic E-state index is 14.0. The second-order valence-electron chi connectivity index (χ2n) is 7.31. The first-order valence-corrected chi connectivity index (χ1v) is 10.5. The van der Waals surface area contributed by atoms with E-state index in [4.69, 9.17) is 0 Å². The number of hydrogen-bond acceptors (Lipinski definition) is 6. The Morgan fingerprint density at radius 1 is 1.04 bits per heavy atom. The quantitative estimate of drug-likeness (QED) is 0.661. The molecule has 1 aliphatic heterocycles. The Morgan fingerprint density at radius 2 is 1.82 bits per heavy atom. The van der Waals surface area contributed by atoms with Gasteiger partial charge in [0, 0.05) is 31.1 Å². The van der Waals surface area contributed by atoms with Gasteiger partial charge in [0.15, 0.2) is 0 Å². The van der Waals surface area contributed by atoms with Gasteiger partial charge < -0.3 is 9.80 Å². The summed E-state index contributed by atoms with van der Waals surface area (Å²) in [6.45, 7) is 3.04. The molecule has 0 atom stereocenters. The van der Waals surface area contributed by atoms with Gasteiger partial charge in [0.2, 0.25) is 0 Å². The zero-order valence-corrected chi connectivity index (χ0v) is 16.3. The van der Waals surface area contributed by atoms with Gasteiger partial charge in [0.05, 0.1) is 11.1 Å². The minimum absolute atomic E-state index is 0.132. The van der Waals surface area contributed by atoms with Gasteiger partial charge in [-0.05, 0) is 43.4 Å². The zero-order valence-electron chi connectivity index (χ0n) is 15.5. The number of rotatable bonds is 2. The first-order chi connectivity index (χ1) is 13.8. The highest BCUT2D eigenvalue weighted by molar-refractivity contribution is 7.19. The van der Waals surface area contributed by atoms with Crippen molar-refractivity contribution in [1.29, 1.82) is 5.26 Å². The van der Waals surface area contributed by atoms with Gasteiger partial charge in [-0.1, -0.05) is 6.07 Å². The molecule has 1 aliphatic carbocycles. The summed E-state index contributed by atoms with van der Waals surface area (Å²) in [5, 5.41) is 10.6. The molecule has 2 aliphatic rings. The van der Waals surface area contributed by atoms with Gasteiger partial charge in [-0.25, -0.2) is 14.4 Å². The predicted molar refractivity (Wildman–Crippen MR) is 110 cm³/mol. The molecule has 5 rings (SSSR count). The molecule has 0 radical (unpaired) electrons. The maximum Gasteiger partial charge on any atom is 0.143 e. The molecule has 28 heavy (non-hydrogen) atoms. The first-order valence-electron chi connectivity index (χ1n) is 9.70. The number of fused-ring (bicyclic) bond motifs is 3. The van der Waals surface area contributed by atoms with Crippen LogP contribution in [0.2, 0.25) is 0 Å². The van der Waals surface area contributed by atoms with E-state index < -0.39 is 5.82 Å². The first kappa shape index (κ1) is 17.4. The van der Waals surface area contributed by atoms with Crippen molar-refractivity contribution in [1.82, 2.24) is 9.97 Å². The summed E-state index contributed by atoms with van der Waals surface area (Å²) in [4.78, 5) is 16.2. The summed E-state index contributed by atoms with van der Waals surface area (Å²) in [5.74, 6) is 0.577. The molecule has 1 aromatic carbocycles. The van der Waals surface area contributed by atoms with Crippen LogP contribution in [0.3, 0.4) is 0 Å². The Morgan fingerprint density at radius 3 is 2.64 bits per heavy atom. The van der Waals surface area contributed by atoms with Crippen molar-refractivity contribution in [2.24, 2.45) is 0 Å². The van der Waals surface area contributed by atoms with Gasteiger partial charge >= 0.3 is 0 Å². The van der Waals surface area contributed by atoms with Crippen molar-refractivity contribution >= 4 is 33.1 Å². The van der Waals surface area contributed by atoms with Crippen LogP contribution >= 0.6 is 11.3 Å². The standard InChI is InChI=1S/C21H20FN5S/c22-16-5-3-6-17(15(16)12-23)26-8-10-27(11-9-26)20-19-14-4-1-2-7-18(14)28-21(19)25-13-24-20/h3,5-6,13H,1-2,4,7-11H2. The number of halogens is 1. The Labute approximate surface area is 167 Å². The lowest BCUT2D eigenvalue weighted by Gasteiger charge is -2.37. The minimum Gasteiger partial charge on any atom is -0.367 e. The molecule has 0 spiro atoms. The summed E-state index contributed by atoms with van der Waals surface area (Å²) in [6, 6.07) is 6.85. The van der Waals surface area contributed by atoms with Crippen LogP contribution in [0, 0.1) is 17.1 Å². The van der Waals surface area contributed by atoms with Crippen LogP contribution in [0.5, 0.6) is 0 Å². The van der Waals surface area contributed by atoms with E-state index in [1.165, 1.54) is 34.7 Å². The molecule has 7 heteroatoms. The molecule has 0 bridgehead atoms. The van der Waals surface area contributed by atoms with Crippen LogP contribution in [-0.4, -0.2) is 36.1 Å². The molecule has 2 aromatic heterocycles. The van der Waals surface area contributed by atoms with Crippen LogP contribution in [0.4, 0.5) is 15.9 Å². The number of aromatic nitrogens is 2. The number of thiophene rings is 1. The van der Waals surface area contributed by atoms with Crippen molar-refractivity contribution in [2.75, 3.05) is 36.0 Å². The average Bonchev–Trinajstić information content (AvgIpc) is 3.12. The summed E-state index contributed by atoms with van der Waals surface area (Å²) < 4.78 is 14.0. The van der Waals surface area contributed by atoms with Gasteiger partial charge in [-0.3, -0.25) is 0 Å². The van der Waals surface area contributed by atoms with Gasteiger partial charge in [-0.15, -0.1) is 11.3 Å². The summed E-state index contributed by atoms with van der Waals surface area (Å²) >= 11 is 1.82. The number of anilines is 2. The molecular formula is C21H20FN5S. The topological polar surface area (TPSA) is 56.1 Å². The molecule has 0 unspecified atom stereocenters. The Kier molecular flexibility index (Phi) is 4.36. The van der Waals surface area contributed by atoms with Crippen LogP contribution in [0.15, 0.2) is 24.5 Å². The monoisotopic (exact) mass is 393 g/mol. The third kappa shape index (κ3) is 2.80. The number of hydrogen-bond donors (Lipinski definition) is 0. The fourth-order valence-corrected chi connectivity index (χ4v) is 5.58. The molecule has 3 aromatic rings. The summed E-state index contributed by atoms with van der Waals surface area (Å²) in [6.07, 6.45) is 6.44. The largest absolute Gasteiger partial charge is 0.367 e. The van der Waals surface area contributed by atoms with Crippen LogP contribution in [0.1, 0.15) is 28.8 Å². The number of nitrogens with zero attached hydrogens (tertiary/aromatic N) is 5. The SMILES string of the molecule is N#Cc1c(F)cccc1N1CCN(c2ncnc3sc4c(c23)CCCC4)CC1. The second kappa shape index (κ2) is 7.02. The molecule has 0 saturated carbocycles. The highest BCUT2D eigenvalue weighted by atomic mass is 32.1. The second-order valence-corrected chi connectivity index (χ2v) is 8.39. The van der Waals surface area contributed by atoms with Crippen molar-refractivity contribution in [3.8, 4) is 6.07 Å². The van der Waals surface area contributed by atoms with Crippen molar-refractivity contribution < 1.29 is 4.39 Å².